The molecule has 0 spiro atoms. The third-order valence-electron chi connectivity index (χ3n) is 6.14. The third-order valence-corrected chi connectivity index (χ3v) is 6.14. The molecule has 0 atom stereocenters. The fraction of sp³-hybridized carbons (Fsp3) is 0.850. The first-order valence-corrected chi connectivity index (χ1v) is 10.4. The van der Waals surface area contributed by atoms with Crippen LogP contribution in [0, 0.1) is 18.3 Å². The van der Waals surface area contributed by atoms with E-state index in [2.05, 4.69) is 34.7 Å². The number of hydrogen-bond donors (Lipinski definition) is 2. The van der Waals surface area contributed by atoms with E-state index in [1.807, 2.05) is 18.5 Å². The highest BCUT2D eigenvalue weighted by atomic mass is 127. The van der Waals surface area contributed by atoms with Crippen LogP contribution in [0.25, 0.3) is 0 Å². The Morgan fingerprint density at radius 2 is 1.93 bits per heavy atom. The van der Waals surface area contributed by atoms with Gasteiger partial charge in [0.15, 0.2) is 11.8 Å². The molecule has 27 heavy (non-hydrogen) atoms. The molecular weight excluding hydrogens is 451 g/mol. The van der Waals surface area contributed by atoms with Crippen LogP contribution in [-0.2, 0) is 13.6 Å². The van der Waals surface area contributed by atoms with E-state index in [0.29, 0.717) is 18.0 Å². The summed E-state index contributed by atoms with van der Waals surface area (Å²) in [6.07, 6.45) is 10.5. The summed E-state index contributed by atoms with van der Waals surface area (Å²) in [5, 5.41) is 15.7. The van der Waals surface area contributed by atoms with E-state index in [1.54, 1.807) is 0 Å². The van der Waals surface area contributed by atoms with Crippen molar-refractivity contribution in [3.63, 3.8) is 0 Å². The van der Waals surface area contributed by atoms with Crippen molar-refractivity contribution < 1.29 is 0 Å². The van der Waals surface area contributed by atoms with Gasteiger partial charge in [0, 0.05) is 19.6 Å². The van der Waals surface area contributed by atoms with Gasteiger partial charge in [0.25, 0.3) is 0 Å². The number of guanidine groups is 1. The Bertz CT molecular complexity index is 614. The van der Waals surface area contributed by atoms with Gasteiger partial charge in [-0.25, -0.2) is 4.99 Å². The normalized spacial score (nSPS) is 19.7. The van der Waals surface area contributed by atoms with E-state index < -0.39 is 0 Å². The SMILES string of the molecule is Cc1nnc(CN=C(NCC2(CC(C)C)CCC2)NC2CCCC2)n1C.I. The van der Waals surface area contributed by atoms with Gasteiger partial charge in [-0.1, -0.05) is 33.1 Å². The van der Waals surface area contributed by atoms with Crippen molar-refractivity contribution in [3.8, 4) is 0 Å². The van der Waals surface area contributed by atoms with Crippen LogP contribution in [0.4, 0.5) is 0 Å². The second-order valence-electron chi connectivity index (χ2n) is 8.82. The summed E-state index contributed by atoms with van der Waals surface area (Å²) >= 11 is 0. The van der Waals surface area contributed by atoms with Gasteiger partial charge in [0.2, 0.25) is 0 Å². The summed E-state index contributed by atoms with van der Waals surface area (Å²) < 4.78 is 2.02. The molecule has 3 rings (SSSR count). The minimum absolute atomic E-state index is 0. The van der Waals surface area contributed by atoms with E-state index in [0.717, 1.165) is 30.1 Å². The number of aliphatic imine (C=N–C) groups is 1. The minimum Gasteiger partial charge on any atom is -0.356 e. The van der Waals surface area contributed by atoms with Gasteiger partial charge in [0.1, 0.15) is 12.4 Å². The number of hydrogen-bond acceptors (Lipinski definition) is 3. The maximum atomic E-state index is 4.84. The molecular formula is C20H37IN6. The monoisotopic (exact) mass is 488 g/mol. The number of nitrogens with zero attached hydrogens (tertiary/aromatic N) is 4. The molecule has 154 valence electrons. The lowest BCUT2D eigenvalue weighted by molar-refractivity contribution is 0.104. The molecule has 1 aromatic heterocycles. The Labute approximate surface area is 181 Å². The van der Waals surface area contributed by atoms with Crippen LogP contribution in [0.15, 0.2) is 4.99 Å². The maximum Gasteiger partial charge on any atom is 0.191 e. The van der Waals surface area contributed by atoms with Crippen molar-refractivity contribution in [3.05, 3.63) is 11.6 Å². The third kappa shape index (κ3) is 6.06. The molecule has 1 heterocycles. The van der Waals surface area contributed by atoms with E-state index >= 15 is 0 Å². The van der Waals surface area contributed by atoms with Gasteiger partial charge in [-0.2, -0.15) is 0 Å². The number of nitrogens with one attached hydrogen (secondary N) is 2. The first-order chi connectivity index (χ1) is 12.5. The highest BCUT2D eigenvalue weighted by molar-refractivity contribution is 14.0. The van der Waals surface area contributed by atoms with Gasteiger partial charge < -0.3 is 15.2 Å². The molecule has 0 aromatic carbocycles. The van der Waals surface area contributed by atoms with Crippen LogP contribution < -0.4 is 10.6 Å². The molecule has 0 amide bonds. The van der Waals surface area contributed by atoms with Crippen molar-refractivity contribution in [1.29, 1.82) is 0 Å². The smallest absolute Gasteiger partial charge is 0.191 e. The summed E-state index contributed by atoms with van der Waals surface area (Å²) in [4.78, 5) is 4.84. The first kappa shape index (κ1) is 22.4. The average molecular weight is 488 g/mol. The molecule has 0 radical (unpaired) electrons. The standard InChI is InChI=1S/C20H36N6.HI/c1-15(2)12-20(10-7-11-20)14-22-19(23-17-8-5-6-9-17)21-13-18-25-24-16(3)26(18)4;/h15,17H,5-14H2,1-4H3,(H2,21,22,23);1H. The van der Waals surface area contributed by atoms with Crippen LogP contribution in [0.1, 0.15) is 76.9 Å². The molecule has 0 unspecified atom stereocenters. The van der Waals surface area contributed by atoms with E-state index in [1.165, 1.54) is 51.4 Å². The van der Waals surface area contributed by atoms with Crippen molar-refractivity contribution in [2.24, 2.45) is 23.4 Å². The Kier molecular flexibility index (Phi) is 8.37. The van der Waals surface area contributed by atoms with Gasteiger partial charge in [0.05, 0.1) is 0 Å². The van der Waals surface area contributed by atoms with E-state index in [9.17, 15) is 0 Å². The summed E-state index contributed by atoms with van der Waals surface area (Å²) in [6, 6.07) is 0.560. The second-order valence-corrected chi connectivity index (χ2v) is 8.82. The lowest BCUT2D eigenvalue weighted by Crippen LogP contribution is -2.49. The van der Waals surface area contributed by atoms with Crippen LogP contribution >= 0.6 is 24.0 Å². The summed E-state index contributed by atoms with van der Waals surface area (Å²) in [6.45, 7) is 8.24. The van der Waals surface area contributed by atoms with Crippen LogP contribution in [0.3, 0.4) is 0 Å². The summed E-state index contributed by atoms with van der Waals surface area (Å²) in [5.74, 6) is 3.55. The van der Waals surface area contributed by atoms with Crippen molar-refractivity contribution in [2.75, 3.05) is 6.54 Å². The number of aryl methyl sites for hydroxylation is 1. The molecule has 6 nitrogen and oxygen atoms in total. The van der Waals surface area contributed by atoms with Crippen molar-refractivity contribution in [2.45, 2.75) is 84.7 Å². The Balaban J connectivity index is 0.00000261. The average Bonchev–Trinajstić information content (AvgIpc) is 3.18. The molecule has 2 aliphatic rings. The Morgan fingerprint density at radius 3 is 2.44 bits per heavy atom. The zero-order valence-corrected chi connectivity index (χ0v) is 19.8. The van der Waals surface area contributed by atoms with Gasteiger partial charge in [-0.05, 0) is 50.4 Å². The van der Waals surface area contributed by atoms with Crippen LogP contribution in [0.2, 0.25) is 0 Å². The summed E-state index contributed by atoms with van der Waals surface area (Å²) in [5.41, 5.74) is 0.466. The molecule has 2 aliphatic carbocycles. The van der Waals surface area contributed by atoms with Crippen molar-refractivity contribution >= 4 is 29.9 Å². The molecule has 7 heteroatoms. The second kappa shape index (κ2) is 10.1. The fourth-order valence-electron chi connectivity index (χ4n) is 4.42. The first-order valence-electron chi connectivity index (χ1n) is 10.4. The maximum absolute atomic E-state index is 4.84. The topological polar surface area (TPSA) is 67.1 Å². The predicted molar refractivity (Wildman–Crippen MR) is 121 cm³/mol. The quantitative estimate of drug-likeness (QED) is 0.347. The van der Waals surface area contributed by atoms with E-state index in [4.69, 9.17) is 4.99 Å². The molecule has 0 aliphatic heterocycles. The Hall–Kier alpha value is -0.860. The van der Waals surface area contributed by atoms with E-state index in [-0.39, 0.29) is 24.0 Å². The highest BCUT2D eigenvalue weighted by Gasteiger charge is 2.37. The van der Waals surface area contributed by atoms with Crippen LogP contribution in [-0.4, -0.2) is 33.3 Å². The number of aromatic nitrogens is 3. The number of halogens is 1. The molecule has 1 aromatic rings. The lowest BCUT2D eigenvalue weighted by Gasteiger charge is -2.43. The largest absolute Gasteiger partial charge is 0.356 e. The number of rotatable bonds is 7. The fourth-order valence-corrected chi connectivity index (χ4v) is 4.42. The molecule has 2 N–H and O–H groups in total. The highest BCUT2D eigenvalue weighted by Crippen LogP contribution is 2.45. The molecule has 2 fully saturated rings. The lowest BCUT2D eigenvalue weighted by atomic mass is 9.64. The van der Waals surface area contributed by atoms with Crippen LogP contribution in [0.5, 0.6) is 0 Å². The Morgan fingerprint density at radius 1 is 1.22 bits per heavy atom. The van der Waals surface area contributed by atoms with Crippen molar-refractivity contribution in [1.82, 2.24) is 25.4 Å². The molecule has 0 saturated heterocycles. The zero-order chi connectivity index (χ0) is 18.6. The van der Waals surface area contributed by atoms with Gasteiger partial charge >= 0.3 is 0 Å². The minimum atomic E-state index is 0. The zero-order valence-electron chi connectivity index (χ0n) is 17.4. The molecule has 2 saturated carbocycles. The van der Waals surface area contributed by atoms with Gasteiger partial charge in [-0.3, -0.25) is 0 Å². The van der Waals surface area contributed by atoms with Gasteiger partial charge in [-0.15, -0.1) is 34.2 Å². The summed E-state index contributed by atoms with van der Waals surface area (Å²) in [7, 11) is 2.00. The predicted octanol–water partition coefficient (Wildman–Crippen LogP) is 3.94. The molecule has 0 bridgehead atoms.